The lowest BCUT2D eigenvalue weighted by molar-refractivity contribution is 0.483. The minimum absolute atomic E-state index is 0. The number of benzene rings is 1. The van der Waals surface area contributed by atoms with E-state index in [4.69, 9.17) is 4.55 Å². The van der Waals surface area contributed by atoms with Gasteiger partial charge in [0.1, 0.15) is 0 Å². The average molecular weight is 264 g/mol. The van der Waals surface area contributed by atoms with Crippen LogP contribution in [0.5, 0.6) is 0 Å². The Kier molecular flexibility index (Phi) is 4.18. The lowest BCUT2D eigenvalue weighted by Crippen LogP contribution is -2.17. The Bertz CT molecular complexity index is 455. The molecule has 16 heavy (non-hydrogen) atoms. The van der Waals surface area contributed by atoms with E-state index in [1.54, 1.807) is 6.07 Å². The Morgan fingerprint density at radius 2 is 1.81 bits per heavy atom. The number of hydrogen-bond acceptors (Lipinski definition) is 3. The number of anilines is 1. The van der Waals surface area contributed by atoms with Gasteiger partial charge in [0, 0.05) is 18.8 Å². The maximum atomic E-state index is 10.9. The molecule has 0 aliphatic carbocycles. The van der Waals surface area contributed by atoms with Gasteiger partial charge in [-0.15, -0.1) is 12.4 Å². The third-order valence-electron chi connectivity index (χ3n) is 2.59. The van der Waals surface area contributed by atoms with E-state index >= 15 is 0 Å². The van der Waals surface area contributed by atoms with Gasteiger partial charge in [0.05, 0.1) is 4.90 Å². The van der Waals surface area contributed by atoms with Crippen LogP contribution in [0, 0.1) is 0 Å². The summed E-state index contributed by atoms with van der Waals surface area (Å²) in [4.78, 5) is 2.08. The molecule has 1 saturated heterocycles. The van der Waals surface area contributed by atoms with Crippen LogP contribution in [-0.4, -0.2) is 26.1 Å². The van der Waals surface area contributed by atoms with Crippen molar-refractivity contribution in [2.45, 2.75) is 17.7 Å². The molecule has 1 aliphatic heterocycles. The molecule has 90 valence electrons. The lowest BCUT2D eigenvalue weighted by atomic mass is 10.3. The largest absolute Gasteiger partial charge is 0.371 e. The molecule has 0 radical (unpaired) electrons. The number of hydrogen-bond donors (Lipinski definition) is 1. The van der Waals surface area contributed by atoms with Crippen molar-refractivity contribution in [2.24, 2.45) is 0 Å². The van der Waals surface area contributed by atoms with Crippen LogP contribution in [0.2, 0.25) is 0 Å². The first-order chi connectivity index (χ1) is 7.07. The average Bonchev–Trinajstić information content (AvgIpc) is 2.69. The summed E-state index contributed by atoms with van der Waals surface area (Å²) in [6.07, 6.45) is 2.27. The van der Waals surface area contributed by atoms with Gasteiger partial charge in [-0.1, -0.05) is 6.07 Å². The molecule has 0 aromatic heterocycles. The highest BCUT2D eigenvalue weighted by molar-refractivity contribution is 7.85. The summed E-state index contributed by atoms with van der Waals surface area (Å²) in [5, 5.41) is 0. The fourth-order valence-corrected chi connectivity index (χ4v) is 2.34. The van der Waals surface area contributed by atoms with Gasteiger partial charge in [-0.2, -0.15) is 8.42 Å². The minimum Gasteiger partial charge on any atom is -0.371 e. The van der Waals surface area contributed by atoms with Crippen molar-refractivity contribution in [3.05, 3.63) is 24.3 Å². The van der Waals surface area contributed by atoms with Crippen molar-refractivity contribution in [1.82, 2.24) is 0 Å². The molecule has 1 fully saturated rings. The summed E-state index contributed by atoms with van der Waals surface area (Å²) < 4.78 is 30.8. The summed E-state index contributed by atoms with van der Waals surface area (Å²) >= 11 is 0. The van der Waals surface area contributed by atoms with Gasteiger partial charge >= 0.3 is 0 Å². The molecule has 0 bridgehead atoms. The van der Waals surface area contributed by atoms with Gasteiger partial charge in [-0.25, -0.2) is 0 Å². The summed E-state index contributed by atoms with van der Waals surface area (Å²) in [7, 11) is -4.08. The van der Waals surface area contributed by atoms with Crippen LogP contribution in [0.3, 0.4) is 0 Å². The maximum absolute atomic E-state index is 10.9. The molecular weight excluding hydrogens is 250 g/mol. The van der Waals surface area contributed by atoms with Gasteiger partial charge in [0.15, 0.2) is 0 Å². The van der Waals surface area contributed by atoms with Crippen LogP contribution < -0.4 is 4.90 Å². The molecule has 0 saturated carbocycles. The Hall–Kier alpha value is -0.780. The van der Waals surface area contributed by atoms with E-state index in [1.165, 1.54) is 12.1 Å². The van der Waals surface area contributed by atoms with Crippen LogP contribution in [-0.2, 0) is 10.1 Å². The second-order valence-corrected chi connectivity index (χ2v) is 5.09. The molecule has 6 heteroatoms. The normalized spacial score (nSPS) is 15.9. The molecule has 0 atom stereocenters. The third-order valence-corrected chi connectivity index (χ3v) is 3.44. The Balaban J connectivity index is 0.00000128. The fraction of sp³-hybridized carbons (Fsp3) is 0.400. The number of nitrogens with zero attached hydrogens (tertiary/aromatic N) is 1. The second kappa shape index (κ2) is 5.03. The standard InChI is InChI=1S/C10H13NO3S.ClH/c12-15(13,14)10-5-3-4-9(8-10)11-6-1-2-7-11;/h3-5,8H,1-2,6-7H2,(H,12,13,14);1H. The van der Waals surface area contributed by atoms with Crippen molar-refractivity contribution in [3.8, 4) is 0 Å². The fourth-order valence-electron chi connectivity index (χ4n) is 1.82. The van der Waals surface area contributed by atoms with E-state index in [9.17, 15) is 8.42 Å². The molecule has 1 aliphatic rings. The zero-order chi connectivity index (χ0) is 10.9. The number of halogens is 1. The molecule has 2 rings (SSSR count). The molecule has 1 heterocycles. The van der Waals surface area contributed by atoms with Gasteiger partial charge in [0.25, 0.3) is 10.1 Å². The van der Waals surface area contributed by atoms with Gasteiger partial charge < -0.3 is 4.90 Å². The molecule has 1 aromatic carbocycles. The predicted octanol–water partition coefficient (Wildman–Crippen LogP) is 1.96. The van der Waals surface area contributed by atoms with Gasteiger partial charge in [-0.3, -0.25) is 4.55 Å². The molecule has 0 spiro atoms. The van der Waals surface area contributed by atoms with Crippen molar-refractivity contribution >= 4 is 28.2 Å². The van der Waals surface area contributed by atoms with Crippen molar-refractivity contribution < 1.29 is 13.0 Å². The van der Waals surface area contributed by atoms with Crippen LogP contribution in [0.25, 0.3) is 0 Å². The minimum atomic E-state index is -4.08. The van der Waals surface area contributed by atoms with Crippen LogP contribution in [0.4, 0.5) is 5.69 Å². The van der Waals surface area contributed by atoms with E-state index in [1.807, 2.05) is 6.07 Å². The van der Waals surface area contributed by atoms with Crippen molar-refractivity contribution in [1.29, 1.82) is 0 Å². The smallest absolute Gasteiger partial charge is 0.294 e. The Morgan fingerprint density at radius 1 is 1.19 bits per heavy atom. The van der Waals surface area contributed by atoms with Crippen LogP contribution in [0.15, 0.2) is 29.2 Å². The monoisotopic (exact) mass is 263 g/mol. The van der Waals surface area contributed by atoms with E-state index < -0.39 is 10.1 Å². The molecule has 0 amide bonds. The van der Waals surface area contributed by atoms with E-state index in [0.29, 0.717) is 0 Å². The highest BCUT2D eigenvalue weighted by Gasteiger charge is 2.15. The molecule has 0 unspecified atom stereocenters. The highest BCUT2D eigenvalue weighted by atomic mass is 35.5. The first-order valence-electron chi connectivity index (χ1n) is 4.90. The SMILES string of the molecule is Cl.O=S(=O)(O)c1cccc(N2CCCC2)c1. The van der Waals surface area contributed by atoms with Gasteiger partial charge in [-0.05, 0) is 31.0 Å². The van der Waals surface area contributed by atoms with Crippen LogP contribution >= 0.6 is 12.4 Å². The first-order valence-corrected chi connectivity index (χ1v) is 6.34. The second-order valence-electron chi connectivity index (χ2n) is 3.67. The molecule has 4 nitrogen and oxygen atoms in total. The topological polar surface area (TPSA) is 57.6 Å². The quantitative estimate of drug-likeness (QED) is 0.829. The third kappa shape index (κ3) is 2.87. The van der Waals surface area contributed by atoms with Crippen LogP contribution in [0.1, 0.15) is 12.8 Å². The van der Waals surface area contributed by atoms with E-state index in [-0.39, 0.29) is 17.3 Å². The zero-order valence-electron chi connectivity index (χ0n) is 8.67. The predicted molar refractivity (Wildman–Crippen MR) is 65.0 cm³/mol. The molecule has 1 aromatic rings. The van der Waals surface area contributed by atoms with Crippen molar-refractivity contribution in [3.63, 3.8) is 0 Å². The van der Waals surface area contributed by atoms with E-state index in [2.05, 4.69) is 4.90 Å². The Morgan fingerprint density at radius 3 is 2.38 bits per heavy atom. The molecular formula is C10H14ClNO3S. The first kappa shape index (κ1) is 13.3. The Labute approximate surface area is 101 Å². The van der Waals surface area contributed by atoms with Gasteiger partial charge in [0.2, 0.25) is 0 Å². The summed E-state index contributed by atoms with van der Waals surface area (Å²) in [6, 6.07) is 6.42. The van der Waals surface area contributed by atoms with E-state index in [0.717, 1.165) is 31.6 Å². The molecule has 1 N–H and O–H groups in total. The summed E-state index contributed by atoms with van der Waals surface area (Å²) in [5.41, 5.74) is 0.864. The summed E-state index contributed by atoms with van der Waals surface area (Å²) in [6.45, 7) is 1.91. The maximum Gasteiger partial charge on any atom is 0.294 e. The highest BCUT2D eigenvalue weighted by Crippen LogP contribution is 2.22. The van der Waals surface area contributed by atoms with Crippen molar-refractivity contribution in [2.75, 3.05) is 18.0 Å². The lowest BCUT2D eigenvalue weighted by Gasteiger charge is -2.17. The summed E-state index contributed by atoms with van der Waals surface area (Å²) in [5.74, 6) is 0. The number of rotatable bonds is 2. The zero-order valence-corrected chi connectivity index (χ0v) is 10.3.